The fourth-order valence-electron chi connectivity index (χ4n) is 2.90. The highest BCUT2D eigenvalue weighted by molar-refractivity contribution is 5.77. The molecule has 1 aliphatic rings. The van der Waals surface area contributed by atoms with Crippen molar-refractivity contribution in [2.75, 3.05) is 13.2 Å². The number of para-hydroxylation sites is 1. The Bertz CT molecular complexity index is 700. The molecule has 0 N–H and O–H groups in total. The third-order valence-corrected chi connectivity index (χ3v) is 4.07. The number of carbonyl (C=O) groups is 1. The predicted molar refractivity (Wildman–Crippen MR) is 86.9 cm³/mol. The molecule has 1 amide bonds. The van der Waals surface area contributed by atoms with Gasteiger partial charge in [-0.25, -0.2) is 0 Å². The van der Waals surface area contributed by atoms with Crippen LogP contribution in [0.2, 0.25) is 0 Å². The van der Waals surface area contributed by atoms with E-state index in [0.29, 0.717) is 19.6 Å². The van der Waals surface area contributed by atoms with E-state index in [2.05, 4.69) is 5.92 Å². The summed E-state index contributed by atoms with van der Waals surface area (Å²) in [6.07, 6.45) is 8.29. The second-order valence-electron chi connectivity index (χ2n) is 5.61. The van der Waals surface area contributed by atoms with E-state index >= 15 is 0 Å². The maximum absolute atomic E-state index is 12.7. The Morgan fingerprint density at radius 1 is 1.30 bits per heavy atom. The van der Waals surface area contributed by atoms with Gasteiger partial charge >= 0.3 is 0 Å². The highest BCUT2D eigenvalue weighted by Gasteiger charge is 2.25. The first-order chi connectivity index (χ1) is 11.3. The molecule has 1 aliphatic heterocycles. The van der Waals surface area contributed by atoms with E-state index in [-0.39, 0.29) is 18.4 Å². The van der Waals surface area contributed by atoms with Crippen molar-refractivity contribution in [3.05, 3.63) is 54.0 Å². The number of carbonyl (C=O) groups excluding carboxylic acids is 1. The van der Waals surface area contributed by atoms with Gasteiger partial charge in [-0.05, 0) is 36.1 Å². The third-order valence-electron chi connectivity index (χ3n) is 4.07. The van der Waals surface area contributed by atoms with Crippen molar-refractivity contribution in [2.45, 2.75) is 25.3 Å². The van der Waals surface area contributed by atoms with Crippen molar-refractivity contribution in [1.82, 2.24) is 4.90 Å². The lowest BCUT2D eigenvalue weighted by Crippen LogP contribution is -2.32. The first-order valence-electron chi connectivity index (χ1n) is 7.73. The van der Waals surface area contributed by atoms with E-state index in [1.807, 2.05) is 36.4 Å². The zero-order valence-corrected chi connectivity index (χ0v) is 12.9. The molecule has 2 heterocycles. The van der Waals surface area contributed by atoms with Crippen LogP contribution in [0.4, 0.5) is 0 Å². The number of rotatable bonds is 5. The van der Waals surface area contributed by atoms with Crippen LogP contribution in [0.3, 0.4) is 0 Å². The van der Waals surface area contributed by atoms with Gasteiger partial charge < -0.3 is 14.1 Å². The summed E-state index contributed by atoms with van der Waals surface area (Å²) < 4.78 is 11.0. The Morgan fingerprint density at radius 2 is 2.17 bits per heavy atom. The van der Waals surface area contributed by atoms with Crippen molar-refractivity contribution in [3.63, 3.8) is 0 Å². The molecule has 0 saturated heterocycles. The van der Waals surface area contributed by atoms with Crippen molar-refractivity contribution in [3.8, 4) is 18.1 Å². The molecule has 0 saturated carbocycles. The molecule has 0 spiro atoms. The molecule has 2 aromatic rings. The van der Waals surface area contributed by atoms with E-state index < -0.39 is 0 Å². The van der Waals surface area contributed by atoms with Crippen LogP contribution >= 0.6 is 0 Å². The van der Waals surface area contributed by atoms with Crippen LogP contribution in [0, 0.1) is 12.3 Å². The Balaban J connectivity index is 1.71. The molecule has 23 heavy (non-hydrogen) atoms. The largest absolute Gasteiger partial charge is 0.493 e. The number of terminal acetylenes is 1. The SMILES string of the molecule is C#CCN(Cc1ccco1)C(=O)C[C@H]1CCOc2ccccc21. The van der Waals surface area contributed by atoms with Crippen LogP contribution in [-0.2, 0) is 11.3 Å². The topological polar surface area (TPSA) is 42.7 Å². The normalized spacial score (nSPS) is 16.0. The summed E-state index contributed by atoms with van der Waals surface area (Å²) in [6.45, 7) is 1.33. The van der Waals surface area contributed by atoms with Gasteiger partial charge in [0.05, 0.1) is 26.0 Å². The molecular formula is C19H19NO3. The summed E-state index contributed by atoms with van der Waals surface area (Å²) in [4.78, 5) is 14.3. The van der Waals surface area contributed by atoms with E-state index in [1.54, 1.807) is 11.2 Å². The summed E-state index contributed by atoms with van der Waals surface area (Å²) in [6, 6.07) is 11.6. The van der Waals surface area contributed by atoms with Gasteiger partial charge in [-0.1, -0.05) is 24.1 Å². The van der Waals surface area contributed by atoms with Gasteiger partial charge in [-0.15, -0.1) is 6.42 Å². The van der Waals surface area contributed by atoms with Gasteiger partial charge in [0.25, 0.3) is 0 Å². The number of hydrogen-bond donors (Lipinski definition) is 0. The van der Waals surface area contributed by atoms with E-state index in [0.717, 1.165) is 23.5 Å². The van der Waals surface area contributed by atoms with Gasteiger partial charge in [-0.3, -0.25) is 4.79 Å². The fraction of sp³-hybridized carbons (Fsp3) is 0.316. The Kier molecular flexibility index (Phi) is 4.68. The lowest BCUT2D eigenvalue weighted by Gasteiger charge is -2.27. The number of furan rings is 1. The standard InChI is InChI=1S/C19H19NO3/c1-2-10-20(14-16-6-5-11-22-16)19(21)13-15-9-12-23-18-8-4-3-7-17(15)18/h1,3-8,11,15H,9-10,12-14H2/t15-/m1/s1. The molecule has 0 aliphatic carbocycles. The fourth-order valence-corrected chi connectivity index (χ4v) is 2.90. The molecule has 0 fully saturated rings. The molecule has 4 heteroatoms. The maximum atomic E-state index is 12.7. The van der Waals surface area contributed by atoms with Crippen LogP contribution in [0.5, 0.6) is 5.75 Å². The second-order valence-corrected chi connectivity index (χ2v) is 5.61. The first kappa shape index (κ1) is 15.2. The van der Waals surface area contributed by atoms with E-state index in [1.165, 1.54) is 0 Å². The lowest BCUT2D eigenvalue weighted by molar-refractivity contribution is -0.132. The molecular weight excluding hydrogens is 290 g/mol. The number of amides is 1. The first-order valence-corrected chi connectivity index (χ1v) is 7.73. The van der Waals surface area contributed by atoms with E-state index in [4.69, 9.17) is 15.6 Å². The average molecular weight is 309 g/mol. The molecule has 1 atom stereocenters. The minimum absolute atomic E-state index is 0.0426. The number of hydrogen-bond acceptors (Lipinski definition) is 3. The van der Waals surface area contributed by atoms with Crippen molar-refractivity contribution >= 4 is 5.91 Å². The quantitative estimate of drug-likeness (QED) is 0.797. The highest BCUT2D eigenvalue weighted by Crippen LogP contribution is 2.35. The molecule has 0 unspecified atom stereocenters. The summed E-state index contributed by atoms with van der Waals surface area (Å²) in [7, 11) is 0. The smallest absolute Gasteiger partial charge is 0.224 e. The van der Waals surface area contributed by atoms with Gasteiger partial charge in [0, 0.05) is 6.42 Å². The van der Waals surface area contributed by atoms with Crippen molar-refractivity contribution < 1.29 is 13.9 Å². The molecule has 1 aromatic carbocycles. The predicted octanol–water partition coefficient (Wildman–Crippen LogP) is 3.20. The van der Waals surface area contributed by atoms with Crippen LogP contribution < -0.4 is 4.74 Å². The minimum atomic E-state index is 0.0426. The van der Waals surface area contributed by atoms with Crippen molar-refractivity contribution in [2.24, 2.45) is 0 Å². The third kappa shape index (κ3) is 3.57. The zero-order chi connectivity index (χ0) is 16.1. The summed E-state index contributed by atoms with van der Waals surface area (Å²) in [5.41, 5.74) is 1.10. The lowest BCUT2D eigenvalue weighted by atomic mass is 9.90. The number of ether oxygens (including phenoxy) is 1. The summed E-state index contributed by atoms with van der Waals surface area (Å²) in [5.74, 6) is 4.39. The highest BCUT2D eigenvalue weighted by atomic mass is 16.5. The van der Waals surface area contributed by atoms with Gasteiger partial charge in [0.15, 0.2) is 0 Å². The Labute approximate surface area is 136 Å². The molecule has 118 valence electrons. The number of benzene rings is 1. The molecule has 0 bridgehead atoms. The minimum Gasteiger partial charge on any atom is -0.493 e. The van der Waals surface area contributed by atoms with Crippen LogP contribution in [-0.4, -0.2) is 24.0 Å². The van der Waals surface area contributed by atoms with Gasteiger partial charge in [0.1, 0.15) is 11.5 Å². The van der Waals surface area contributed by atoms with Crippen LogP contribution in [0.25, 0.3) is 0 Å². The molecule has 4 nitrogen and oxygen atoms in total. The van der Waals surface area contributed by atoms with E-state index in [9.17, 15) is 4.79 Å². The van der Waals surface area contributed by atoms with Gasteiger partial charge in [-0.2, -0.15) is 0 Å². The summed E-state index contributed by atoms with van der Waals surface area (Å²) >= 11 is 0. The monoisotopic (exact) mass is 309 g/mol. The number of fused-ring (bicyclic) bond motifs is 1. The van der Waals surface area contributed by atoms with Crippen LogP contribution in [0.1, 0.15) is 30.1 Å². The molecule has 0 radical (unpaired) electrons. The maximum Gasteiger partial charge on any atom is 0.224 e. The number of nitrogens with zero attached hydrogens (tertiary/aromatic N) is 1. The Morgan fingerprint density at radius 3 is 2.96 bits per heavy atom. The zero-order valence-electron chi connectivity index (χ0n) is 12.9. The van der Waals surface area contributed by atoms with Gasteiger partial charge in [0.2, 0.25) is 5.91 Å². The average Bonchev–Trinajstić information content (AvgIpc) is 3.08. The van der Waals surface area contributed by atoms with Crippen LogP contribution in [0.15, 0.2) is 47.1 Å². The molecule has 3 rings (SSSR count). The Hall–Kier alpha value is -2.67. The summed E-state index contributed by atoms with van der Waals surface area (Å²) in [5, 5.41) is 0. The van der Waals surface area contributed by atoms with Crippen molar-refractivity contribution in [1.29, 1.82) is 0 Å². The second kappa shape index (κ2) is 7.06. The molecule has 1 aromatic heterocycles.